The Balaban J connectivity index is 2.39. The molecule has 0 bridgehead atoms. The number of hydrogen-bond donors (Lipinski definition) is 0. The van der Waals surface area contributed by atoms with E-state index in [0.717, 1.165) is 5.56 Å². The average molecular weight is 212 g/mol. The second kappa shape index (κ2) is 4.23. The molecule has 80 valence electrons. The molecule has 0 radical (unpaired) electrons. The lowest BCUT2D eigenvalue weighted by Crippen LogP contribution is -2.05. The first-order chi connectivity index (χ1) is 7.66. The third kappa shape index (κ3) is 2.14. The maximum Gasteiger partial charge on any atom is 0.211 e. The topological polar surface area (TPSA) is 42.9 Å². The molecular formula is C13H12N2O. The quantitative estimate of drug-likeness (QED) is 0.717. The van der Waals surface area contributed by atoms with Crippen molar-refractivity contribution in [3.05, 3.63) is 59.2 Å². The van der Waals surface area contributed by atoms with E-state index in [2.05, 4.69) is 9.97 Å². The van der Waals surface area contributed by atoms with Gasteiger partial charge in [-0.05, 0) is 26.0 Å². The highest BCUT2D eigenvalue weighted by Crippen LogP contribution is 2.09. The summed E-state index contributed by atoms with van der Waals surface area (Å²) in [5.41, 5.74) is 2.17. The molecule has 0 aliphatic carbocycles. The molecular weight excluding hydrogens is 200 g/mol. The summed E-state index contributed by atoms with van der Waals surface area (Å²) < 4.78 is 0. The maximum absolute atomic E-state index is 12.1. The number of aryl methyl sites for hydroxylation is 2. The molecule has 2 rings (SSSR count). The zero-order valence-electron chi connectivity index (χ0n) is 9.27. The van der Waals surface area contributed by atoms with Crippen LogP contribution in [-0.2, 0) is 0 Å². The van der Waals surface area contributed by atoms with Crippen molar-refractivity contribution in [2.45, 2.75) is 13.8 Å². The van der Waals surface area contributed by atoms with E-state index in [9.17, 15) is 4.79 Å². The Morgan fingerprint density at radius 3 is 2.69 bits per heavy atom. The first-order valence-corrected chi connectivity index (χ1v) is 5.08. The normalized spacial score (nSPS) is 10.1. The summed E-state index contributed by atoms with van der Waals surface area (Å²) in [6, 6.07) is 9.13. The van der Waals surface area contributed by atoms with Gasteiger partial charge in [0.2, 0.25) is 5.78 Å². The smallest absolute Gasteiger partial charge is 0.211 e. The van der Waals surface area contributed by atoms with Crippen molar-refractivity contribution in [2.75, 3.05) is 0 Å². The highest BCUT2D eigenvalue weighted by Gasteiger charge is 2.10. The molecule has 0 aliphatic rings. The molecule has 1 heterocycles. The second-order valence-electron chi connectivity index (χ2n) is 3.69. The lowest BCUT2D eigenvalue weighted by molar-refractivity contribution is 0.103. The Morgan fingerprint density at radius 2 is 2.00 bits per heavy atom. The van der Waals surface area contributed by atoms with Crippen molar-refractivity contribution in [3.8, 4) is 0 Å². The Hall–Kier alpha value is -2.03. The number of nitrogens with zero attached hydrogens (tertiary/aromatic N) is 2. The van der Waals surface area contributed by atoms with Crippen LogP contribution in [0.1, 0.15) is 27.4 Å². The van der Waals surface area contributed by atoms with Crippen LogP contribution in [0.5, 0.6) is 0 Å². The minimum absolute atomic E-state index is 0.0609. The molecule has 0 unspecified atom stereocenters. The summed E-state index contributed by atoms with van der Waals surface area (Å²) in [4.78, 5) is 20.1. The third-order valence-electron chi connectivity index (χ3n) is 2.29. The summed E-state index contributed by atoms with van der Waals surface area (Å²) in [7, 11) is 0. The van der Waals surface area contributed by atoms with Gasteiger partial charge in [0, 0.05) is 11.8 Å². The van der Waals surface area contributed by atoms with Gasteiger partial charge in [-0.25, -0.2) is 9.97 Å². The van der Waals surface area contributed by atoms with Gasteiger partial charge in [-0.3, -0.25) is 4.79 Å². The molecule has 0 spiro atoms. The largest absolute Gasteiger partial charge is 0.287 e. The maximum atomic E-state index is 12.1. The van der Waals surface area contributed by atoms with Crippen LogP contribution in [0.3, 0.4) is 0 Å². The van der Waals surface area contributed by atoms with Crippen molar-refractivity contribution in [2.24, 2.45) is 0 Å². The molecule has 3 heteroatoms. The highest BCUT2D eigenvalue weighted by atomic mass is 16.1. The number of hydrogen-bond acceptors (Lipinski definition) is 3. The van der Waals surface area contributed by atoms with Gasteiger partial charge in [0.05, 0.1) is 0 Å². The van der Waals surface area contributed by atoms with Crippen LogP contribution in [-0.4, -0.2) is 15.8 Å². The summed E-state index contributed by atoms with van der Waals surface area (Å²) >= 11 is 0. The molecule has 3 nitrogen and oxygen atoms in total. The van der Waals surface area contributed by atoms with Gasteiger partial charge in [-0.1, -0.05) is 23.8 Å². The van der Waals surface area contributed by atoms with Gasteiger partial charge in [-0.15, -0.1) is 0 Å². The van der Waals surface area contributed by atoms with E-state index in [-0.39, 0.29) is 5.78 Å². The standard InChI is InChI=1S/C13H12N2O/c1-9-4-3-5-11(8-9)13(16)12-6-7-14-10(2)15-12/h3-8H,1-2H3. The summed E-state index contributed by atoms with van der Waals surface area (Å²) in [5, 5.41) is 0. The highest BCUT2D eigenvalue weighted by molar-refractivity contribution is 6.07. The minimum atomic E-state index is -0.0609. The average Bonchev–Trinajstić information content (AvgIpc) is 2.28. The third-order valence-corrected chi connectivity index (χ3v) is 2.29. The van der Waals surface area contributed by atoms with Crippen LogP contribution in [0.15, 0.2) is 36.5 Å². The van der Waals surface area contributed by atoms with E-state index in [0.29, 0.717) is 17.1 Å². The molecule has 0 fully saturated rings. The molecule has 0 N–H and O–H groups in total. The van der Waals surface area contributed by atoms with E-state index in [1.807, 2.05) is 25.1 Å². The van der Waals surface area contributed by atoms with E-state index < -0.39 is 0 Å². The van der Waals surface area contributed by atoms with Crippen molar-refractivity contribution >= 4 is 5.78 Å². The Kier molecular flexibility index (Phi) is 2.77. The van der Waals surface area contributed by atoms with Gasteiger partial charge >= 0.3 is 0 Å². The van der Waals surface area contributed by atoms with E-state index >= 15 is 0 Å². The fourth-order valence-corrected chi connectivity index (χ4v) is 1.52. The Labute approximate surface area is 94.2 Å². The van der Waals surface area contributed by atoms with Gasteiger partial charge < -0.3 is 0 Å². The Morgan fingerprint density at radius 1 is 1.19 bits per heavy atom. The number of rotatable bonds is 2. The van der Waals surface area contributed by atoms with Crippen molar-refractivity contribution < 1.29 is 4.79 Å². The number of aromatic nitrogens is 2. The summed E-state index contributed by atoms with van der Waals surface area (Å²) in [5.74, 6) is 0.549. The molecule has 16 heavy (non-hydrogen) atoms. The number of benzene rings is 1. The summed E-state index contributed by atoms with van der Waals surface area (Å²) in [6.07, 6.45) is 1.60. The summed E-state index contributed by atoms with van der Waals surface area (Å²) in [6.45, 7) is 3.73. The lowest BCUT2D eigenvalue weighted by Gasteiger charge is -2.01. The first-order valence-electron chi connectivity index (χ1n) is 5.08. The molecule has 1 aromatic carbocycles. The van der Waals surface area contributed by atoms with Crippen LogP contribution >= 0.6 is 0 Å². The lowest BCUT2D eigenvalue weighted by atomic mass is 10.1. The van der Waals surface area contributed by atoms with Crippen LogP contribution in [0.4, 0.5) is 0 Å². The SMILES string of the molecule is Cc1cccc(C(=O)c2ccnc(C)n2)c1. The molecule has 0 atom stereocenters. The fraction of sp³-hybridized carbons (Fsp3) is 0.154. The van der Waals surface area contributed by atoms with E-state index in [4.69, 9.17) is 0 Å². The Bertz CT molecular complexity index is 487. The first kappa shape index (κ1) is 10.5. The van der Waals surface area contributed by atoms with Crippen LogP contribution < -0.4 is 0 Å². The van der Waals surface area contributed by atoms with E-state index in [1.165, 1.54) is 0 Å². The molecule has 0 aliphatic heterocycles. The van der Waals surface area contributed by atoms with Crippen molar-refractivity contribution in [1.82, 2.24) is 9.97 Å². The molecule has 0 saturated carbocycles. The molecule has 1 aromatic heterocycles. The van der Waals surface area contributed by atoms with Crippen LogP contribution in [0.25, 0.3) is 0 Å². The number of carbonyl (C=O) groups excluding carboxylic acids is 1. The second-order valence-corrected chi connectivity index (χ2v) is 3.69. The van der Waals surface area contributed by atoms with Crippen molar-refractivity contribution in [3.63, 3.8) is 0 Å². The zero-order valence-corrected chi connectivity index (χ0v) is 9.27. The van der Waals surface area contributed by atoms with Gasteiger partial charge in [0.25, 0.3) is 0 Å². The zero-order chi connectivity index (χ0) is 11.5. The predicted octanol–water partition coefficient (Wildman–Crippen LogP) is 2.32. The molecule has 0 amide bonds. The van der Waals surface area contributed by atoms with E-state index in [1.54, 1.807) is 25.3 Å². The van der Waals surface area contributed by atoms with Gasteiger partial charge in [0.15, 0.2) is 0 Å². The monoisotopic (exact) mass is 212 g/mol. The van der Waals surface area contributed by atoms with Crippen molar-refractivity contribution in [1.29, 1.82) is 0 Å². The minimum Gasteiger partial charge on any atom is -0.287 e. The number of ketones is 1. The number of carbonyl (C=O) groups is 1. The fourth-order valence-electron chi connectivity index (χ4n) is 1.52. The molecule has 0 saturated heterocycles. The van der Waals surface area contributed by atoms with Crippen LogP contribution in [0, 0.1) is 13.8 Å². The molecule has 2 aromatic rings. The predicted molar refractivity (Wildman–Crippen MR) is 61.4 cm³/mol. The van der Waals surface area contributed by atoms with Gasteiger partial charge in [-0.2, -0.15) is 0 Å². The van der Waals surface area contributed by atoms with Crippen LogP contribution in [0.2, 0.25) is 0 Å². The van der Waals surface area contributed by atoms with Gasteiger partial charge in [0.1, 0.15) is 11.5 Å².